The number of carbonyl (C=O) groups excluding carboxylic acids is 2. The molecule has 168 valence electrons. The van der Waals surface area contributed by atoms with Gasteiger partial charge in [0, 0.05) is 16.8 Å². The zero-order valence-corrected chi connectivity index (χ0v) is 18.2. The van der Waals surface area contributed by atoms with E-state index in [0.717, 1.165) is 10.5 Å². The molecule has 0 bridgehead atoms. The van der Waals surface area contributed by atoms with Crippen LogP contribution in [0, 0.1) is 12.7 Å². The lowest BCUT2D eigenvalue weighted by Crippen LogP contribution is -2.30. The number of nitrogens with two attached hydrogens (primary N) is 1. The fraction of sp³-hybridized carbons (Fsp3) is 0.0833. The third kappa shape index (κ3) is 4.04. The molecule has 0 spiro atoms. The minimum absolute atomic E-state index is 0.000819. The number of sulfonamides is 1. The zero-order chi connectivity index (χ0) is 23.9. The Morgan fingerprint density at radius 3 is 2.15 bits per heavy atom. The molecular weight excluding hydrogens is 447 g/mol. The first-order valence-electron chi connectivity index (χ1n) is 9.85. The van der Waals surface area contributed by atoms with Gasteiger partial charge in [-0.15, -0.1) is 0 Å². The van der Waals surface area contributed by atoms with Gasteiger partial charge in [0.05, 0.1) is 16.5 Å². The van der Waals surface area contributed by atoms with Crippen LogP contribution in [0.2, 0.25) is 0 Å². The number of anilines is 1. The monoisotopic (exact) mass is 466 g/mol. The van der Waals surface area contributed by atoms with Crippen molar-refractivity contribution in [2.45, 2.75) is 17.9 Å². The number of aryl methyl sites for hydroxylation is 1. The summed E-state index contributed by atoms with van der Waals surface area (Å²) in [5.74, 6) is -3.09. The Bertz CT molecular complexity index is 1400. The van der Waals surface area contributed by atoms with Crippen LogP contribution in [-0.4, -0.2) is 25.2 Å². The summed E-state index contributed by atoms with van der Waals surface area (Å²) in [6, 6.07) is 16.0. The molecule has 1 unspecified atom stereocenters. The van der Waals surface area contributed by atoms with Gasteiger partial charge in [-0.2, -0.15) is 0 Å². The maximum absolute atomic E-state index is 14.8. The topological polar surface area (TPSA) is 118 Å². The lowest BCUT2D eigenvalue weighted by atomic mass is 9.94. The first-order valence-corrected chi connectivity index (χ1v) is 11.4. The summed E-state index contributed by atoms with van der Waals surface area (Å²) < 4.78 is 38.0. The number of Topliss-reactive ketones (excluding diaryl/α,β-unsaturated/α-hetero) is 1. The molecular formula is C24H19FN2O5S. The molecule has 0 saturated carbocycles. The molecule has 4 rings (SSSR count). The lowest BCUT2D eigenvalue weighted by molar-refractivity contribution is -0.132. The number of carbonyl (C=O) groups is 2. The predicted molar refractivity (Wildman–Crippen MR) is 120 cm³/mol. The Balaban J connectivity index is 1.94. The summed E-state index contributed by atoms with van der Waals surface area (Å²) in [5, 5.41) is 16.1. The maximum atomic E-state index is 14.8. The number of ketones is 1. The average molecular weight is 466 g/mol. The van der Waals surface area contributed by atoms with E-state index in [4.69, 9.17) is 5.14 Å². The second-order valence-corrected chi connectivity index (χ2v) is 9.16. The molecule has 0 aromatic heterocycles. The molecule has 1 heterocycles. The molecule has 9 heteroatoms. The van der Waals surface area contributed by atoms with E-state index < -0.39 is 39.3 Å². The van der Waals surface area contributed by atoms with Crippen molar-refractivity contribution in [2.24, 2.45) is 5.14 Å². The smallest absolute Gasteiger partial charge is 0.300 e. The van der Waals surface area contributed by atoms with E-state index in [0.29, 0.717) is 5.56 Å². The molecule has 1 saturated heterocycles. The summed E-state index contributed by atoms with van der Waals surface area (Å²) in [6.07, 6.45) is 0. The van der Waals surface area contributed by atoms with Gasteiger partial charge in [-0.1, -0.05) is 48.0 Å². The summed E-state index contributed by atoms with van der Waals surface area (Å²) >= 11 is 0. The van der Waals surface area contributed by atoms with Crippen LogP contribution in [0.25, 0.3) is 5.76 Å². The quantitative estimate of drug-likeness (QED) is 0.347. The number of nitrogens with zero attached hydrogens (tertiary/aromatic N) is 1. The highest BCUT2D eigenvalue weighted by Gasteiger charge is 2.47. The number of amides is 1. The molecule has 1 aliphatic heterocycles. The first-order chi connectivity index (χ1) is 15.6. The van der Waals surface area contributed by atoms with Gasteiger partial charge in [0.1, 0.15) is 11.6 Å². The molecule has 1 aliphatic rings. The first kappa shape index (κ1) is 22.4. The molecule has 7 nitrogen and oxygen atoms in total. The second-order valence-electron chi connectivity index (χ2n) is 7.60. The summed E-state index contributed by atoms with van der Waals surface area (Å²) in [7, 11) is -3.98. The van der Waals surface area contributed by atoms with Gasteiger partial charge in [0.25, 0.3) is 11.7 Å². The fourth-order valence-corrected chi connectivity index (χ4v) is 4.27. The van der Waals surface area contributed by atoms with Crippen molar-refractivity contribution >= 4 is 33.2 Å². The SMILES string of the molecule is Cc1ccc(/C(O)=C2\C(=O)C(=O)N(c3ccc(S(N)(=O)=O)cc3)C2c2ccccc2F)cc1. The summed E-state index contributed by atoms with van der Waals surface area (Å²) in [6.45, 7) is 1.85. The molecule has 0 radical (unpaired) electrons. The van der Waals surface area contributed by atoms with Crippen LogP contribution in [-0.2, 0) is 19.6 Å². The third-order valence-electron chi connectivity index (χ3n) is 5.41. The van der Waals surface area contributed by atoms with E-state index in [1.807, 2.05) is 6.92 Å². The number of hydrogen-bond acceptors (Lipinski definition) is 5. The second kappa shape index (κ2) is 8.27. The number of benzene rings is 3. The Kier molecular flexibility index (Phi) is 5.61. The Labute approximate surface area is 189 Å². The predicted octanol–water partition coefficient (Wildman–Crippen LogP) is 3.41. The van der Waals surface area contributed by atoms with Gasteiger partial charge >= 0.3 is 0 Å². The number of aliphatic hydroxyl groups is 1. The van der Waals surface area contributed by atoms with Crippen molar-refractivity contribution in [2.75, 3.05) is 4.90 Å². The molecule has 1 amide bonds. The Morgan fingerprint density at radius 1 is 0.970 bits per heavy atom. The van der Waals surface area contributed by atoms with Gasteiger partial charge < -0.3 is 5.11 Å². The van der Waals surface area contributed by atoms with E-state index in [1.54, 1.807) is 30.3 Å². The minimum Gasteiger partial charge on any atom is -0.507 e. The van der Waals surface area contributed by atoms with Crippen molar-refractivity contribution in [3.63, 3.8) is 0 Å². The molecule has 3 aromatic carbocycles. The highest BCUT2D eigenvalue weighted by molar-refractivity contribution is 7.89. The van der Waals surface area contributed by atoms with E-state index in [9.17, 15) is 27.5 Å². The zero-order valence-electron chi connectivity index (χ0n) is 17.4. The minimum atomic E-state index is -3.98. The van der Waals surface area contributed by atoms with E-state index in [2.05, 4.69) is 0 Å². The molecule has 1 atom stereocenters. The van der Waals surface area contributed by atoms with E-state index in [1.165, 1.54) is 42.5 Å². The van der Waals surface area contributed by atoms with Crippen molar-refractivity contribution in [3.8, 4) is 0 Å². The highest BCUT2D eigenvalue weighted by Crippen LogP contribution is 2.43. The molecule has 3 aromatic rings. The number of halogens is 1. The van der Waals surface area contributed by atoms with Crippen LogP contribution in [0.15, 0.2) is 83.3 Å². The van der Waals surface area contributed by atoms with Crippen LogP contribution in [0.3, 0.4) is 0 Å². The number of primary sulfonamides is 1. The van der Waals surface area contributed by atoms with Crippen LogP contribution in [0.5, 0.6) is 0 Å². The van der Waals surface area contributed by atoms with Gasteiger partial charge in [-0.25, -0.2) is 17.9 Å². The normalized spacial score (nSPS) is 18.0. The molecule has 33 heavy (non-hydrogen) atoms. The third-order valence-corrected chi connectivity index (χ3v) is 6.34. The fourth-order valence-electron chi connectivity index (χ4n) is 3.75. The number of rotatable bonds is 4. The summed E-state index contributed by atoms with van der Waals surface area (Å²) in [4.78, 5) is 26.9. The molecule has 0 aliphatic carbocycles. The number of aliphatic hydroxyl groups excluding tert-OH is 1. The van der Waals surface area contributed by atoms with Crippen molar-refractivity contribution in [3.05, 3.63) is 101 Å². The number of hydrogen-bond donors (Lipinski definition) is 2. The van der Waals surface area contributed by atoms with Gasteiger partial charge in [0.15, 0.2) is 0 Å². The molecule has 1 fully saturated rings. The van der Waals surface area contributed by atoms with Crippen molar-refractivity contribution in [1.82, 2.24) is 0 Å². The Morgan fingerprint density at radius 2 is 1.58 bits per heavy atom. The van der Waals surface area contributed by atoms with Crippen LogP contribution in [0.4, 0.5) is 10.1 Å². The van der Waals surface area contributed by atoms with Crippen LogP contribution >= 0.6 is 0 Å². The molecule has 3 N–H and O–H groups in total. The maximum Gasteiger partial charge on any atom is 0.300 e. The van der Waals surface area contributed by atoms with Crippen molar-refractivity contribution in [1.29, 1.82) is 0 Å². The van der Waals surface area contributed by atoms with Gasteiger partial charge in [-0.3, -0.25) is 14.5 Å². The highest BCUT2D eigenvalue weighted by atomic mass is 32.2. The average Bonchev–Trinajstić information content (AvgIpc) is 3.04. The van der Waals surface area contributed by atoms with Crippen LogP contribution < -0.4 is 10.0 Å². The van der Waals surface area contributed by atoms with Crippen molar-refractivity contribution < 1.29 is 27.5 Å². The van der Waals surface area contributed by atoms with Crippen LogP contribution in [0.1, 0.15) is 22.7 Å². The van der Waals surface area contributed by atoms with E-state index >= 15 is 0 Å². The van der Waals surface area contributed by atoms with E-state index in [-0.39, 0.29) is 21.7 Å². The van der Waals surface area contributed by atoms with Gasteiger partial charge in [0.2, 0.25) is 10.0 Å². The van der Waals surface area contributed by atoms with Gasteiger partial charge in [-0.05, 0) is 37.3 Å². The largest absolute Gasteiger partial charge is 0.507 e. The Hall–Kier alpha value is -3.82. The standard InChI is InChI=1S/C24H19FN2O5S/c1-14-6-8-15(9-7-14)22(28)20-21(18-4-2-3-5-19(18)25)27(24(30)23(20)29)16-10-12-17(13-11-16)33(26,31)32/h2-13,21,28H,1H3,(H2,26,31,32)/b22-20+. The summed E-state index contributed by atoms with van der Waals surface area (Å²) in [5.41, 5.74) is 1.09. The lowest BCUT2D eigenvalue weighted by Gasteiger charge is -2.25.